The third-order valence-corrected chi connectivity index (χ3v) is 4.98. The van der Waals surface area contributed by atoms with Crippen molar-refractivity contribution in [3.8, 4) is 6.07 Å². The number of aryl methyl sites for hydroxylation is 1. The summed E-state index contributed by atoms with van der Waals surface area (Å²) in [7, 11) is 0. The zero-order valence-electron chi connectivity index (χ0n) is 16.3. The van der Waals surface area contributed by atoms with E-state index in [-0.39, 0.29) is 18.4 Å². The number of benzene rings is 2. The molecule has 1 fully saturated rings. The van der Waals surface area contributed by atoms with Crippen molar-refractivity contribution in [2.45, 2.75) is 13.8 Å². The fourth-order valence-corrected chi connectivity index (χ4v) is 3.37. The number of anilines is 2. The first-order chi connectivity index (χ1) is 13.5. The molecule has 0 saturated carbocycles. The Kier molecular flexibility index (Phi) is 5.95. The molecule has 0 N–H and O–H groups in total. The van der Waals surface area contributed by atoms with Gasteiger partial charge in [0.1, 0.15) is 6.54 Å². The molecule has 0 radical (unpaired) electrons. The van der Waals surface area contributed by atoms with Crippen molar-refractivity contribution in [2.24, 2.45) is 0 Å². The van der Waals surface area contributed by atoms with Gasteiger partial charge in [-0.2, -0.15) is 5.26 Å². The van der Waals surface area contributed by atoms with Gasteiger partial charge in [0, 0.05) is 44.5 Å². The molecule has 0 spiro atoms. The summed E-state index contributed by atoms with van der Waals surface area (Å²) in [6, 6.07) is 17.1. The Labute approximate surface area is 165 Å². The molecule has 3 rings (SSSR count). The average Bonchev–Trinajstić information content (AvgIpc) is 2.72. The molecule has 0 bridgehead atoms. The van der Waals surface area contributed by atoms with Gasteiger partial charge in [0.2, 0.25) is 11.8 Å². The zero-order chi connectivity index (χ0) is 20.1. The lowest BCUT2D eigenvalue weighted by Gasteiger charge is -2.37. The van der Waals surface area contributed by atoms with Gasteiger partial charge in [0.15, 0.2) is 0 Å². The summed E-state index contributed by atoms with van der Waals surface area (Å²) in [5, 5.41) is 8.92. The van der Waals surface area contributed by atoms with E-state index in [2.05, 4.69) is 36.1 Å². The van der Waals surface area contributed by atoms with Crippen LogP contribution < -0.4 is 9.80 Å². The van der Waals surface area contributed by atoms with Crippen LogP contribution in [-0.2, 0) is 9.59 Å². The number of amides is 2. The molecule has 28 heavy (non-hydrogen) atoms. The van der Waals surface area contributed by atoms with Gasteiger partial charge in [-0.1, -0.05) is 12.1 Å². The molecule has 2 aromatic rings. The summed E-state index contributed by atoms with van der Waals surface area (Å²) in [6.07, 6.45) is 0. The van der Waals surface area contributed by atoms with Crippen molar-refractivity contribution in [3.05, 3.63) is 59.7 Å². The van der Waals surface area contributed by atoms with E-state index in [1.165, 1.54) is 23.1 Å². The van der Waals surface area contributed by atoms with Crippen molar-refractivity contribution >= 4 is 23.2 Å². The SMILES string of the molecule is CC(=O)N(CC(=O)N1CCN(c2cccc(C)c2)CC1)c1ccc(C#N)cc1. The highest BCUT2D eigenvalue weighted by molar-refractivity contribution is 5.97. The van der Waals surface area contributed by atoms with Crippen LogP contribution in [0.3, 0.4) is 0 Å². The van der Waals surface area contributed by atoms with E-state index < -0.39 is 0 Å². The molecule has 2 aromatic carbocycles. The smallest absolute Gasteiger partial charge is 0.242 e. The molecule has 1 aliphatic heterocycles. The van der Waals surface area contributed by atoms with Crippen LogP contribution in [0, 0.1) is 18.3 Å². The van der Waals surface area contributed by atoms with E-state index in [4.69, 9.17) is 5.26 Å². The number of nitrogens with zero attached hydrogens (tertiary/aromatic N) is 4. The topological polar surface area (TPSA) is 67.7 Å². The maximum atomic E-state index is 12.8. The van der Waals surface area contributed by atoms with E-state index >= 15 is 0 Å². The fourth-order valence-electron chi connectivity index (χ4n) is 3.37. The molecule has 6 heteroatoms. The first kappa shape index (κ1) is 19.4. The van der Waals surface area contributed by atoms with Crippen LogP contribution in [-0.4, -0.2) is 49.4 Å². The van der Waals surface area contributed by atoms with Gasteiger partial charge in [-0.3, -0.25) is 9.59 Å². The molecule has 6 nitrogen and oxygen atoms in total. The lowest BCUT2D eigenvalue weighted by Crippen LogP contribution is -2.51. The number of nitriles is 1. The maximum absolute atomic E-state index is 12.8. The molecular formula is C22H24N4O2. The van der Waals surface area contributed by atoms with Crippen molar-refractivity contribution in [2.75, 3.05) is 42.5 Å². The van der Waals surface area contributed by atoms with Gasteiger partial charge in [0.05, 0.1) is 11.6 Å². The number of piperazine rings is 1. The largest absolute Gasteiger partial charge is 0.368 e. The summed E-state index contributed by atoms with van der Waals surface area (Å²) >= 11 is 0. The van der Waals surface area contributed by atoms with Crippen molar-refractivity contribution < 1.29 is 9.59 Å². The molecule has 0 aromatic heterocycles. The van der Waals surface area contributed by atoms with Crippen molar-refractivity contribution in [3.63, 3.8) is 0 Å². The van der Waals surface area contributed by atoms with E-state index in [1.54, 1.807) is 24.3 Å². The molecule has 1 saturated heterocycles. The van der Waals surface area contributed by atoms with Crippen LogP contribution in [0.1, 0.15) is 18.1 Å². The Morgan fingerprint density at radius 3 is 2.32 bits per heavy atom. The molecule has 0 unspecified atom stereocenters. The number of hydrogen-bond donors (Lipinski definition) is 0. The normalized spacial score (nSPS) is 13.8. The van der Waals surface area contributed by atoms with Gasteiger partial charge >= 0.3 is 0 Å². The molecule has 2 amide bonds. The maximum Gasteiger partial charge on any atom is 0.242 e. The lowest BCUT2D eigenvalue weighted by molar-refractivity contribution is -0.131. The van der Waals surface area contributed by atoms with Crippen LogP contribution >= 0.6 is 0 Å². The number of carbonyl (C=O) groups excluding carboxylic acids is 2. The van der Waals surface area contributed by atoms with Gasteiger partial charge < -0.3 is 14.7 Å². The Bertz CT molecular complexity index is 893. The summed E-state index contributed by atoms with van der Waals surface area (Å²) < 4.78 is 0. The molecular weight excluding hydrogens is 352 g/mol. The number of carbonyl (C=O) groups is 2. The van der Waals surface area contributed by atoms with Gasteiger partial charge in [0.25, 0.3) is 0 Å². The standard InChI is InChI=1S/C22H24N4O2/c1-17-4-3-5-21(14-17)24-10-12-25(13-11-24)22(28)16-26(18(2)27)20-8-6-19(15-23)7-9-20/h3-9,14H,10-13,16H2,1-2H3. The van der Waals surface area contributed by atoms with Crippen LogP contribution in [0.4, 0.5) is 11.4 Å². The summed E-state index contributed by atoms with van der Waals surface area (Å²) in [5.74, 6) is -0.264. The van der Waals surface area contributed by atoms with Crippen LogP contribution in [0.25, 0.3) is 0 Å². The zero-order valence-corrected chi connectivity index (χ0v) is 16.3. The van der Waals surface area contributed by atoms with Crippen LogP contribution in [0.2, 0.25) is 0 Å². The van der Waals surface area contributed by atoms with Gasteiger partial charge in [-0.15, -0.1) is 0 Å². The number of rotatable bonds is 4. The van der Waals surface area contributed by atoms with Gasteiger partial charge in [-0.25, -0.2) is 0 Å². The fraction of sp³-hybridized carbons (Fsp3) is 0.318. The third-order valence-electron chi connectivity index (χ3n) is 4.98. The predicted molar refractivity (Wildman–Crippen MR) is 109 cm³/mol. The summed E-state index contributed by atoms with van der Waals surface area (Å²) in [5.41, 5.74) is 3.54. The lowest BCUT2D eigenvalue weighted by atomic mass is 10.2. The van der Waals surface area contributed by atoms with Crippen LogP contribution in [0.5, 0.6) is 0 Å². The molecule has 1 heterocycles. The quantitative estimate of drug-likeness (QED) is 0.823. The Morgan fingerprint density at radius 1 is 1.07 bits per heavy atom. The Morgan fingerprint density at radius 2 is 1.75 bits per heavy atom. The highest BCUT2D eigenvalue weighted by Crippen LogP contribution is 2.19. The number of hydrogen-bond acceptors (Lipinski definition) is 4. The van der Waals surface area contributed by atoms with Gasteiger partial charge in [-0.05, 0) is 48.9 Å². The third kappa shape index (κ3) is 4.49. The highest BCUT2D eigenvalue weighted by atomic mass is 16.2. The second kappa shape index (κ2) is 8.57. The molecule has 1 aliphatic rings. The van der Waals surface area contributed by atoms with E-state index in [9.17, 15) is 9.59 Å². The minimum Gasteiger partial charge on any atom is -0.368 e. The predicted octanol–water partition coefficient (Wildman–Crippen LogP) is 2.57. The van der Waals surface area contributed by atoms with Crippen molar-refractivity contribution in [1.29, 1.82) is 5.26 Å². The summed E-state index contributed by atoms with van der Waals surface area (Å²) in [6.45, 7) is 6.33. The minimum absolute atomic E-state index is 0.00563. The van der Waals surface area contributed by atoms with E-state index in [0.29, 0.717) is 24.3 Å². The van der Waals surface area contributed by atoms with Crippen LogP contribution in [0.15, 0.2) is 48.5 Å². The summed E-state index contributed by atoms with van der Waals surface area (Å²) in [4.78, 5) is 30.4. The molecule has 0 atom stereocenters. The molecule has 144 valence electrons. The first-order valence-electron chi connectivity index (χ1n) is 9.35. The Hall–Kier alpha value is -3.33. The monoisotopic (exact) mass is 376 g/mol. The average molecular weight is 376 g/mol. The second-order valence-electron chi connectivity index (χ2n) is 6.97. The highest BCUT2D eigenvalue weighted by Gasteiger charge is 2.24. The molecule has 0 aliphatic carbocycles. The van der Waals surface area contributed by atoms with E-state index in [1.807, 2.05) is 11.0 Å². The first-order valence-corrected chi connectivity index (χ1v) is 9.35. The van der Waals surface area contributed by atoms with Crippen molar-refractivity contribution in [1.82, 2.24) is 4.90 Å². The second-order valence-corrected chi connectivity index (χ2v) is 6.97. The minimum atomic E-state index is -0.198. The van der Waals surface area contributed by atoms with E-state index in [0.717, 1.165) is 13.1 Å². The Balaban J connectivity index is 1.62.